The predicted octanol–water partition coefficient (Wildman–Crippen LogP) is 1.61. The van der Waals surface area contributed by atoms with E-state index in [-0.39, 0.29) is 41.9 Å². The van der Waals surface area contributed by atoms with Gasteiger partial charge in [-0.3, -0.25) is 0 Å². The number of ether oxygens (including phenoxy) is 2. The standard InChI is InChI=1S/C17H41NO4Si2/c1-9-15(23-21-11(3)4)19-13(7)17(18)14(8)20-16(10-2)24-22-12(5)6/h11-17H,9-10,18,23-24H2,1-8H3. The van der Waals surface area contributed by atoms with Gasteiger partial charge in [-0.05, 0) is 54.4 Å². The summed E-state index contributed by atoms with van der Waals surface area (Å²) in [5, 5.41) is 0. The minimum Gasteiger partial charge on any atom is -0.419 e. The van der Waals surface area contributed by atoms with Gasteiger partial charge in [-0.15, -0.1) is 0 Å². The fourth-order valence-corrected chi connectivity index (χ4v) is 4.71. The van der Waals surface area contributed by atoms with E-state index < -0.39 is 19.5 Å². The number of hydrogen-bond donors (Lipinski definition) is 1. The highest BCUT2D eigenvalue weighted by Crippen LogP contribution is 2.12. The molecule has 0 rings (SSSR count). The number of nitrogens with two attached hydrogens (primary N) is 1. The van der Waals surface area contributed by atoms with Crippen molar-refractivity contribution in [1.29, 1.82) is 0 Å². The van der Waals surface area contributed by atoms with Crippen molar-refractivity contribution in [3.05, 3.63) is 0 Å². The van der Waals surface area contributed by atoms with Crippen molar-refractivity contribution < 1.29 is 18.3 Å². The van der Waals surface area contributed by atoms with Crippen molar-refractivity contribution in [2.45, 2.75) is 110 Å². The molecule has 0 saturated carbocycles. The van der Waals surface area contributed by atoms with Crippen LogP contribution in [0.4, 0.5) is 0 Å². The Balaban J connectivity index is 4.38. The number of hydrogen-bond acceptors (Lipinski definition) is 5. The normalized spacial score (nSPS) is 19.6. The van der Waals surface area contributed by atoms with Gasteiger partial charge in [-0.25, -0.2) is 0 Å². The maximum absolute atomic E-state index is 6.38. The summed E-state index contributed by atoms with van der Waals surface area (Å²) < 4.78 is 23.9. The van der Waals surface area contributed by atoms with Gasteiger partial charge >= 0.3 is 0 Å². The smallest absolute Gasteiger partial charge is 0.190 e. The molecule has 7 heteroatoms. The second kappa shape index (κ2) is 13.4. The Hall–Kier alpha value is 0.234. The molecule has 0 aliphatic carbocycles. The van der Waals surface area contributed by atoms with E-state index in [9.17, 15) is 0 Å². The Morgan fingerprint density at radius 2 is 1.04 bits per heavy atom. The van der Waals surface area contributed by atoms with Gasteiger partial charge in [0.25, 0.3) is 0 Å². The minimum absolute atomic E-state index is 0.0431. The van der Waals surface area contributed by atoms with Gasteiger partial charge in [0.05, 0.1) is 29.7 Å². The van der Waals surface area contributed by atoms with Gasteiger partial charge in [0.2, 0.25) is 0 Å². The van der Waals surface area contributed by atoms with Crippen LogP contribution < -0.4 is 5.73 Å². The SMILES string of the molecule is CCC(OC(C)C(N)C(C)OC(CC)[SiH2]OC(C)C)[SiH2]OC(C)C. The molecule has 0 amide bonds. The molecule has 24 heavy (non-hydrogen) atoms. The van der Waals surface area contributed by atoms with Crippen molar-refractivity contribution in [3.8, 4) is 0 Å². The lowest BCUT2D eigenvalue weighted by Crippen LogP contribution is -2.48. The molecular weight excluding hydrogens is 338 g/mol. The van der Waals surface area contributed by atoms with E-state index in [0.717, 1.165) is 12.8 Å². The summed E-state index contributed by atoms with van der Waals surface area (Å²) in [7, 11) is -1.39. The highest BCUT2D eigenvalue weighted by molar-refractivity contribution is 6.29. The number of rotatable bonds is 14. The van der Waals surface area contributed by atoms with Gasteiger partial charge in [-0.2, -0.15) is 0 Å². The molecule has 4 unspecified atom stereocenters. The van der Waals surface area contributed by atoms with Crippen molar-refractivity contribution in [1.82, 2.24) is 0 Å². The van der Waals surface area contributed by atoms with Gasteiger partial charge in [0.15, 0.2) is 19.5 Å². The van der Waals surface area contributed by atoms with Gasteiger partial charge < -0.3 is 24.1 Å². The fraction of sp³-hybridized carbons (Fsp3) is 1.00. The maximum atomic E-state index is 6.38. The van der Waals surface area contributed by atoms with E-state index in [2.05, 4.69) is 41.5 Å². The molecule has 146 valence electrons. The average molecular weight is 380 g/mol. The molecule has 0 aromatic heterocycles. The van der Waals surface area contributed by atoms with Crippen LogP contribution in [0.25, 0.3) is 0 Å². The molecule has 5 nitrogen and oxygen atoms in total. The van der Waals surface area contributed by atoms with Crippen LogP contribution in [-0.2, 0) is 18.3 Å². The molecule has 0 spiro atoms. The van der Waals surface area contributed by atoms with Crippen molar-refractivity contribution in [2.24, 2.45) is 5.73 Å². The quantitative estimate of drug-likeness (QED) is 0.465. The lowest BCUT2D eigenvalue weighted by Gasteiger charge is -2.31. The van der Waals surface area contributed by atoms with Crippen LogP contribution in [0.3, 0.4) is 0 Å². The molecule has 0 aliphatic heterocycles. The topological polar surface area (TPSA) is 62.9 Å². The third-order valence-corrected chi connectivity index (χ3v) is 8.04. The van der Waals surface area contributed by atoms with Crippen molar-refractivity contribution in [2.75, 3.05) is 0 Å². The first kappa shape index (κ1) is 24.2. The zero-order valence-corrected chi connectivity index (χ0v) is 19.9. The Morgan fingerprint density at radius 3 is 1.29 bits per heavy atom. The second-order valence-electron chi connectivity index (χ2n) is 7.08. The van der Waals surface area contributed by atoms with Crippen LogP contribution in [0, 0.1) is 0 Å². The van der Waals surface area contributed by atoms with Crippen molar-refractivity contribution >= 4 is 19.5 Å². The summed E-state index contributed by atoms with van der Waals surface area (Å²) in [5.74, 6) is 0. The van der Waals surface area contributed by atoms with Gasteiger partial charge in [-0.1, -0.05) is 13.8 Å². The van der Waals surface area contributed by atoms with Crippen molar-refractivity contribution in [3.63, 3.8) is 0 Å². The molecule has 0 bridgehead atoms. The molecule has 0 aromatic carbocycles. The molecule has 0 saturated heterocycles. The summed E-state index contributed by atoms with van der Waals surface area (Å²) in [6.07, 6.45) is 2.40. The second-order valence-corrected chi connectivity index (χ2v) is 10.2. The Bertz CT molecular complexity index is 280. The lowest BCUT2D eigenvalue weighted by atomic mass is 10.1. The van der Waals surface area contributed by atoms with E-state index in [0.29, 0.717) is 0 Å². The summed E-state index contributed by atoms with van der Waals surface area (Å²) in [6, 6.07) is -0.144. The summed E-state index contributed by atoms with van der Waals surface area (Å²) in [4.78, 5) is 0. The molecule has 0 radical (unpaired) electrons. The zero-order chi connectivity index (χ0) is 18.7. The summed E-state index contributed by atoms with van der Waals surface area (Å²) in [5.41, 5.74) is 6.80. The van der Waals surface area contributed by atoms with Crippen LogP contribution in [0.1, 0.15) is 68.2 Å². The van der Waals surface area contributed by atoms with E-state index in [1.54, 1.807) is 0 Å². The molecule has 2 N–H and O–H groups in total. The highest BCUT2D eigenvalue weighted by atomic mass is 28.2. The monoisotopic (exact) mass is 379 g/mol. The molecular formula is C17H41NO4Si2. The zero-order valence-electron chi connectivity index (χ0n) is 17.1. The Labute approximate surface area is 154 Å². The Morgan fingerprint density at radius 1 is 0.708 bits per heavy atom. The minimum atomic E-state index is -0.697. The molecule has 0 aromatic rings. The maximum Gasteiger partial charge on any atom is 0.190 e. The first-order chi connectivity index (χ1) is 11.2. The Kier molecular flexibility index (Phi) is 13.6. The van der Waals surface area contributed by atoms with Gasteiger partial charge in [0.1, 0.15) is 0 Å². The molecule has 0 heterocycles. The van der Waals surface area contributed by atoms with Gasteiger partial charge in [0, 0.05) is 12.2 Å². The van der Waals surface area contributed by atoms with Crippen LogP contribution in [0.5, 0.6) is 0 Å². The third-order valence-electron chi connectivity index (χ3n) is 4.04. The molecule has 0 fully saturated rings. The lowest BCUT2D eigenvalue weighted by molar-refractivity contribution is -0.0468. The third kappa shape index (κ3) is 11.0. The first-order valence-electron chi connectivity index (χ1n) is 9.50. The van der Waals surface area contributed by atoms with Crippen LogP contribution in [0.15, 0.2) is 0 Å². The van der Waals surface area contributed by atoms with E-state index in [1.807, 2.05) is 13.8 Å². The summed E-state index contributed by atoms with van der Waals surface area (Å²) >= 11 is 0. The largest absolute Gasteiger partial charge is 0.419 e. The van der Waals surface area contributed by atoms with E-state index >= 15 is 0 Å². The molecule has 0 aliphatic rings. The predicted molar refractivity (Wildman–Crippen MR) is 107 cm³/mol. The average Bonchev–Trinajstić information content (AvgIpc) is 2.53. The highest BCUT2D eigenvalue weighted by Gasteiger charge is 2.26. The van der Waals surface area contributed by atoms with Crippen LogP contribution in [-0.4, -0.2) is 61.4 Å². The first-order valence-corrected chi connectivity index (χ1v) is 12.3. The van der Waals surface area contributed by atoms with E-state index in [4.69, 9.17) is 24.1 Å². The van der Waals surface area contributed by atoms with Crippen LogP contribution >= 0.6 is 0 Å². The summed E-state index contributed by atoms with van der Waals surface area (Å²) in [6.45, 7) is 16.6. The van der Waals surface area contributed by atoms with E-state index in [1.165, 1.54) is 0 Å². The molecule has 4 atom stereocenters. The fourth-order valence-electron chi connectivity index (χ4n) is 2.28. The van der Waals surface area contributed by atoms with Crippen LogP contribution in [0.2, 0.25) is 0 Å².